The zero-order chi connectivity index (χ0) is 21.1. The number of halogens is 1. The summed E-state index contributed by atoms with van der Waals surface area (Å²) in [5, 5.41) is 10.9. The molecule has 1 N–H and O–H groups in total. The van der Waals surface area contributed by atoms with E-state index < -0.39 is 5.91 Å². The lowest BCUT2D eigenvalue weighted by Crippen LogP contribution is -2.35. The number of likely N-dealkylation sites (N-methyl/N-ethyl adjacent to an activating group) is 1. The van der Waals surface area contributed by atoms with E-state index in [9.17, 15) is 9.59 Å². The Morgan fingerprint density at radius 3 is 2.52 bits per heavy atom. The Morgan fingerprint density at radius 2 is 1.90 bits per heavy atom. The molecule has 3 rings (SSSR count). The molecule has 1 aromatic carbocycles. The highest BCUT2D eigenvalue weighted by Crippen LogP contribution is 2.22. The second kappa shape index (κ2) is 8.48. The number of rotatable bonds is 6. The summed E-state index contributed by atoms with van der Waals surface area (Å²) < 4.78 is 6.49. The van der Waals surface area contributed by atoms with Gasteiger partial charge in [0.25, 0.3) is 5.91 Å². The minimum absolute atomic E-state index is 0.163. The number of aromatic nitrogens is 3. The first-order chi connectivity index (χ1) is 13.7. The summed E-state index contributed by atoms with van der Waals surface area (Å²) in [7, 11) is 1.53. The summed E-state index contributed by atoms with van der Waals surface area (Å²) >= 11 is 6.45. The van der Waals surface area contributed by atoms with Gasteiger partial charge < -0.3 is 14.7 Å². The molecule has 0 aliphatic rings. The summed E-state index contributed by atoms with van der Waals surface area (Å²) in [5.41, 5.74) is 2.97. The van der Waals surface area contributed by atoms with E-state index in [0.717, 1.165) is 11.1 Å². The Kier molecular flexibility index (Phi) is 6.03. The normalized spacial score (nSPS) is 10.8. The van der Waals surface area contributed by atoms with E-state index in [1.807, 2.05) is 31.2 Å². The molecule has 0 aliphatic heterocycles. The maximum Gasteiger partial charge on any atom is 0.259 e. The van der Waals surface area contributed by atoms with Crippen molar-refractivity contribution in [2.24, 2.45) is 0 Å². The molecule has 3 aromatic rings. The van der Waals surface area contributed by atoms with Gasteiger partial charge in [0.05, 0.1) is 24.3 Å². The Morgan fingerprint density at radius 1 is 1.21 bits per heavy atom. The molecule has 0 atom stereocenters. The fourth-order valence-corrected chi connectivity index (χ4v) is 3.17. The van der Waals surface area contributed by atoms with Crippen LogP contribution in [0.2, 0.25) is 5.15 Å². The maximum absolute atomic E-state index is 12.9. The Bertz CT molecular complexity index is 1040. The van der Waals surface area contributed by atoms with E-state index >= 15 is 0 Å². The molecule has 2 amide bonds. The number of amides is 2. The van der Waals surface area contributed by atoms with Crippen LogP contribution in [0.4, 0.5) is 5.82 Å². The van der Waals surface area contributed by atoms with Gasteiger partial charge in [-0.3, -0.25) is 9.59 Å². The van der Waals surface area contributed by atoms with Crippen LogP contribution >= 0.6 is 11.6 Å². The van der Waals surface area contributed by atoms with E-state index in [4.69, 9.17) is 16.1 Å². The summed E-state index contributed by atoms with van der Waals surface area (Å²) in [6.45, 7) is 5.74. The average Bonchev–Trinajstić information content (AvgIpc) is 3.18. The number of carbonyl (C=O) groups is 2. The Hall–Kier alpha value is -3.13. The highest BCUT2D eigenvalue weighted by atomic mass is 35.5. The summed E-state index contributed by atoms with van der Waals surface area (Å²) in [4.78, 5) is 26.3. The van der Waals surface area contributed by atoms with Gasteiger partial charge >= 0.3 is 0 Å². The van der Waals surface area contributed by atoms with Gasteiger partial charge in [-0.1, -0.05) is 46.6 Å². The SMILES string of the molecule is Cc1ccc(Cn2nc(C)c(C(=O)N(C)CC(=O)Nc3cc(C)on3)c2Cl)cc1. The second-order valence-corrected chi connectivity index (χ2v) is 7.28. The lowest BCUT2D eigenvalue weighted by molar-refractivity contribution is -0.116. The minimum atomic E-state index is -0.394. The third-order valence-electron chi connectivity index (χ3n) is 4.36. The number of hydrogen-bond acceptors (Lipinski definition) is 5. The van der Waals surface area contributed by atoms with Gasteiger partial charge in [0.2, 0.25) is 5.91 Å². The maximum atomic E-state index is 12.9. The molecular formula is C20H22ClN5O3. The first-order valence-electron chi connectivity index (χ1n) is 9.01. The Labute approximate surface area is 173 Å². The van der Waals surface area contributed by atoms with Gasteiger partial charge in [0, 0.05) is 13.1 Å². The first kappa shape index (κ1) is 20.6. The number of carbonyl (C=O) groups excluding carboxylic acids is 2. The summed E-state index contributed by atoms with van der Waals surface area (Å²) in [6.07, 6.45) is 0. The quantitative estimate of drug-likeness (QED) is 0.667. The molecule has 8 nitrogen and oxygen atoms in total. The van der Waals surface area contributed by atoms with Crippen molar-refractivity contribution in [1.82, 2.24) is 19.8 Å². The van der Waals surface area contributed by atoms with Gasteiger partial charge in [0.1, 0.15) is 10.9 Å². The van der Waals surface area contributed by atoms with Crippen molar-refractivity contribution >= 4 is 29.2 Å². The van der Waals surface area contributed by atoms with Crippen LogP contribution in [0.3, 0.4) is 0 Å². The molecule has 0 saturated carbocycles. The predicted molar refractivity (Wildman–Crippen MR) is 109 cm³/mol. The van der Waals surface area contributed by atoms with Crippen LogP contribution in [0.15, 0.2) is 34.9 Å². The standard InChI is InChI=1S/C20H22ClN5O3/c1-12-5-7-15(8-6-12)10-26-19(21)18(14(3)23-26)20(28)25(4)11-17(27)22-16-9-13(2)29-24-16/h5-9H,10-11H2,1-4H3,(H,22,24,27). The van der Waals surface area contributed by atoms with Crippen molar-refractivity contribution in [3.63, 3.8) is 0 Å². The van der Waals surface area contributed by atoms with Crippen molar-refractivity contribution in [1.29, 1.82) is 0 Å². The van der Waals surface area contributed by atoms with Crippen molar-refractivity contribution in [3.8, 4) is 0 Å². The Balaban J connectivity index is 1.70. The van der Waals surface area contributed by atoms with E-state index in [2.05, 4.69) is 15.6 Å². The molecule has 0 radical (unpaired) electrons. The summed E-state index contributed by atoms with van der Waals surface area (Å²) in [6, 6.07) is 9.59. The van der Waals surface area contributed by atoms with E-state index in [0.29, 0.717) is 23.8 Å². The number of anilines is 1. The zero-order valence-corrected chi connectivity index (χ0v) is 17.4. The van der Waals surface area contributed by atoms with Gasteiger partial charge in [-0.15, -0.1) is 0 Å². The molecule has 0 spiro atoms. The van der Waals surface area contributed by atoms with Crippen molar-refractivity contribution < 1.29 is 14.1 Å². The second-order valence-electron chi connectivity index (χ2n) is 6.93. The number of nitrogens with one attached hydrogen (secondary N) is 1. The largest absolute Gasteiger partial charge is 0.360 e. The fourth-order valence-electron chi connectivity index (χ4n) is 2.85. The monoisotopic (exact) mass is 415 g/mol. The fraction of sp³-hybridized carbons (Fsp3) is 0.300. The number of hydrogen-bond donors (Lipinski definition) is 1. The molecule has 0 fully saturated rings. The molecule has 2 aromatic heterocycles. The van der Waals surface area contributed by atoms with Crippen LogP contribution in [-0.4, -0.2) is 45.2 Å². The number of aryl methyl sites for hydroxylation is 3. The van der Waals surface area contributed by atoms with Crippen LogP contribution in [0.1, 0.15) is 32.9 Å². The number of nitrogens with zero attached hydrogens (tertiary/aromatic N) is 4. The van der Waals surface area contributed by atoms with Crippen LogP contribution in [-0.2, 0) is 11.3 Å². The van der Waals surface area contributed by atoms with Crippen molar-refractivity contribution in [2.75, 3.05) is 18.9 Å². The first-order valence-corrected chi connectivity index (χ1v) is 9.39. The molecule has 152 valence electrons. The third kappa shape index (κ3) is 4.83. The van der Waals surface area contributed by atoms with Gasteiger partial charge in [0.15, 0.2) is 5.82 Å². The van der Waals surface area contributed by atoms with Gasteiger partial charge in [-0.05, 0) is 26.3 Å². The predicted octanol–water partition coefficient (Wildman–Crippen LogP) is 3.21. The van der Waals surface area contributed by atoms with E-state index in [-0.39, 0.29) is 23.2 Å². The molecular weight excluding hydrogens is 394 g/mol. The number of benzene rings is 1. The van der Waals surface area contributed by atoms with E-state index in [1.54, 1.807) is 24.6 Å². The highest BCUT2D eigenvalue weighted by molar-refractivity contribution is 6.33. The van der Waals surface area contributed by atoms with Crippen molar-refractivity contribution in [3.05, 3.63) is 63.6 Å². The molecule has 9 heteroatoms. The minimum Gasteiger partial charge on any atom is -0.360 e. The van der Waals surface area contributed by atoms with E-state index in [1.165, 1.54) is 11.9 Å². The molecule has 0 unspecified atom stereocenters. The van der Waals surface area contributed by atoms with Crippen LogP contribution in [0, 0.1) is 20.8 Å². The highest BCUT2D eigenvalue weighted by Gasteiger charge is 2.24. The topological polar surface area (TPSA) is 93.3 Å². The van der Waals surface area contributed by atoms with Crippen LogP contribution in [0.25, 0.3) is 0 Å². The third-order valence-corrected chi connectivity index (χ3v) is 4.74. The molecule has 29 heavy (non-hydrogen) atoms. The van der Waals surface area contributed by atoms with Crippen LogP contribution < -0.4 is 5.32 Å². The average molecular weight is 416 g/mol. The van der Waals surface area contributed by atoms with Crippen molar-refractivity contribution in [2.45, 2.75) is 27.3 Å². The molecule has 0 aliphatic carbocycles. The lowest BCUT2D eigenvalue weighted by atomic mass is 10.1. The summed E-state index contributed by atoms with van der Waals surface area (Å²) in [5.74, 6) is 0.103. The zero-order valence-electron chi connectivity index (χ0n) is 16.7. The van der Waals surface area contributed by atoms with Crippen LogP contribution in [0.5, 0.6) is 0 Å². The lowest BCUT2D eigenvalue weighted by Gasteiger charge is -2.16. The molecule has 2 heterocycles. The smallest absolute Gasteiger partial charge is 0.259 e. The van der Waals surface area contributed by atoms with Gasteiger partial charge in [-0.25, -0.2) is 4.68 Å². The van der Waals surface area contributed by atoms with Gasteiger partial charge in [-0.2, -0.15) is 5.10 Å². The molecule has 0 bridgehead atoms. The molecule has 0 saturated heterocycles.